The maximum absolute atomic E-state index is 5.36. The van der Waals surface area contributed by atoms with Crippen LogP contribution in [0, 0.1) is 11.3 Å². The van der Waals surface area contributed by atoms with Gasteiger partial charge in [-0.25, -0.2) is 0 Å². The number of hydrogen-bond acceptors (Lipinski definition) is 3. The first-order valence-corrected chi connectivity index (χ1v) is 3.83. The van der Waals surface area contributed by atoms with E-state index in [1.54, 1.807) is 0 Å². The SMILES string of the molecule is CC(NN)C12COCC1C2. The van der Waals surface area contributed by atoms with Gasteiger partial charge in [0.25, 0.3) is 0 Å². The highest BCUT2D eigenvalue weighted by Gasteiger charge is 2.60. The summed E-state index contributed by atoms with van der Waals surface area (Å²) in [5.74, 6) is 6.15. The summed E-state index contributed by atoms with van der Waals surface area (Å²) in [6, 6.07) is 0.417. The molecular formula is C7H14N2O. The molecule has 0 radical (unpaired) electrons. The molecule has 0 bridgehead atoms. The van der Waals surface area contributed by atoms with Gasteiger partial charge in [0, 0.05) is 11.5 Å². The second-order valence-electron chi connectivity index (χ2n) is 3.54. The van der Waals surface area contributed by atoms with E-state index in [1.807, 2.05) is 0 Å². The van der Waals surface area contributed by atoms with Crippen molar-refractivity contribution in [1.29, 1.82) is 0 Å². The first-order valence-electron chi connectivity index (χ1n) is 3.83. The number of nitrogens with one attached hydrogen (secondary N) is 1. The molecule has 1 heterocycles. The normalized spacial score (nSPS) is 46.8. The largest absolute Gasteiger partial charge is 0.380 e. The number of ether oxygens (including phenoxy) is 1. The fourth-order valence-corrected chi connectivity index (χ4v) is 2.01. The van der Waals surface area contributed by atoms with Crippen molar-refractivity contribution in [2.24, 2.45) is 17.2 Å². The lowest BCUT2D eigenvalue weighted by Gasteiger charge is -2.18. The van der Waals surface area contributed by atoms with Gasteiger partial charge >= 0.3 is 0 Å². The summed E-state index contributed by atoms with van der Waals surface area (Å²) in [5.41, 5.74) is 3.22. The van der Waals surface area contributed by atoms with Crippen molar-refractivity contribution >= 4 is 0 Å². The molecule has 3 heteroatoms. The summed E-state index contributed by atoms with van der Waals surface area (Å²) in [6.07, 6.45) is 1.30. The lowest BCUT2D eigenvalue weighted by atomic mass is 9.98. The molecule has 2 fully saturated rings. The van der Waals surface area contributed by atoms with Crippen LogP contribution in [-0.2, 0) is 4.74 Å². The zero-order chi connectivity index (χ0) is 7.19. The predicted molar refractivity (Wildman–Crippen MR) is 38.1 cm³/mol. The lowest BCUT2D eigenvalue weighted by molar-refractivity contribution is 0.136. The zero-order valence-corrected chi connectivity index (χ0v) is 6.26. The summed E-state index contributed by atoms with van der Waals surface area (Å²) in [5, 5.41) is 0. The number of fused-ring (bicyclic) bond motifs is 1. The third-order valence-electron chi connectivity index (χ3n) is 3.08. The Hall–Kier alpha value is -0.120. The average Bonchev–Trinajstić information content (AvgIpc) is 2.54. The van der Waals surface area contributed by atoms with Crippen LogP contribution in [0.5, 0.6) is 0 Å². The molecule has 0 aromatic rings. The minimum absolute atomic E-state index is 0.411. The van der Waals surface area contributed by atoms with Gasteiger partial charge in [0.15, 0.2) is 0 Å². The van der Waals surface area contributed by atoms with Crippen molar-refractivity contribution in [1.82, 2.24) is 5.43 Å². The number of hydrogen-bond donors (Lipinski definition) is 2. The van der Waals surface area contributed by atoms with Crippen LogP contribution in [-0.4, -0.2) is 19.3 Å². The summed E-state index contributed by atoms with van der Waals surface area (Å²) < 4.78 is 5.34. The van der Waals surface area contributed by atoms with Crippen LogP contribution in [0.3, 0.4) is 0 Å². The van der Waals surface area contributed by atoms with Crippen LogP contribution in [0.25, 0.3) is 0 Å². The van der Waals surface area contributed by atoms with Crippen molar-refractivity contribution in [2.45, 2.75) is 19.4 Å². The first kappa shape index (κ1) is 6.58. The van der Waals surface area contributed by atoms with Crippen molar-refractivity contribution in [3.8, 4) is 0 Å². The minimum atomic E-state index is 0.411. The van der Waals surface area contributed by atoms with Crippen LogP contribution in [0.2, 0.25) is 0 Å². The molecule has 1 saturated carbocycles. The summed E-state index contributed by atoms with van der Waals surface area (Å²) in [6.45, 7) is 3.99. The zero-order valence-electron chi connectivity index (χ0n) is 6.26. The van der Waals surface area contributed by atoms with E-state index in [-0.39, 0.29) is 0 Å². The third-order valence-corrected chi connectivity index (χ3v) is 3.08. The molecule has 3 unspecified atom stereocenters. The molecule has 3 nitrogen and oxygen atoms in total. The van der Waals surface area contributed by atoms with Crippen LogP contribution < -0.4 is 11.3 Å². The highest BCUT2D eigenvalue weighted by atomic mass is 16.5. The Morgan fingerprint density at radius 1 is 1.80 bits per heavy atom. The van der Waals surface area contributed by atoms with Gasteiger partial charge in [0.1, 0.15) is 0 Å². The van der Waals surface area contributed by atoms with Gasteiger partial charge in [-0.15, -0.1) is 0 Å². The van der Waals surface area contributed by atoms with Gasteiger partial charge in [-0.2, -0.15) is 0 Å². The van der Waals surface area contributed by atoms with Crippen LogP contribution in [0.1, 0.15) is 13.3 Å². The fraction of sp³-hybridized carbons (Fsp3) is 1.00. The summed E-state index contributed by atoms with van der Waals surface area (Å²) in [7, 11) is 0. The topological polar surface area (TPSA) is 47.3 Å². The van der Waals surface area contributed by atoms with Crippen molar-refractivity contribution in [3.05, 3.63) is 0 Å². The lowest BCUT2D eigenvalue weighted by Crippen LogP contribution is -2.41. The molecule has 2 rings (SSSR count). The Labute approximate surface area is 60.9 Å². The van der Waals surface area contributed by atoms with E-state index in [2.05, 4.69) is 12.3 Å². The van der Waals surface area contributed by atoms with Crippen molar-refractivity contribution < 1.29 is 4.74 Å². The molecule has 0 spiro atoms. The molecule has 0 aromatic heterocycles. The molecule has 1 aliphatic heterocycles. The molecule has 58 valence electrons. The highest BCUT2D eigenvalue weighted by molar-refractivity contribution is 5.10. The predicted octanol–water partition coefficient (Wildman–Crippen LogP) is -0.125. The highest BCUT2D eigenvalue weighted by Crippen LogP contribution is 2.58. The maximum atomic E-state index is 5.36. The van der Waals surface area contributed by atoms with Gasteiger partial charge in [0.2, 0.25) is 0 Å². The maximum Gasteiger partial charge on any atom is 0.0541 e. The molecular weight excluding hydrogens is 128 g/mol. The molecule has 10 heavy (non-hydrogen) atoms. The van der Waals surface area contributed by atoms with Crippen molar-refractivity contribution in [2.75, 3.05) is 13.2 Å². The van der Waals surface area contributed by atoms with Crippen LogP contribution in [0.15, 0.2) is 0 Å². The van der Waals surface area contributed by atoms with E-state index in [9.17, 15) is 0 Å². The summed E-state index contributed by atoms with van der Waals surface area (Å²) >= 11 is 0. The molecule has 0 aromatic carbocycles. The quantitative estimate of drug-likeness (QED) is 0.417. The van der Waals surface area contributed by atoms with E-state index in [0.29, 0.717) is 11.5 Å². The van der Waals surface area contributed by atoms with E-state index < -0.39 is 0 Å². The van der Waals surface area contributed by atoms with Crippen LogP contribution in [0.4, 0.5) is 0 Å². The Bertz CT molecular complexity index is 151. The van der Waals surface area contributed by atoms with E-state index in [0.717, 1.165) is 19.1 Å². The van der Waals surface area contributed by atoms with E-state index in [1.165, 1.54) is 6.42 Å². The van der Waals surface area contributed by atoms with Crippen molar-refractivity contribution in [3.63, 3.8) is 0 Å². The van der Waals surface area contributed by atoms with Gasteiger partial charge in [-0.1, -0.05) is 0 Å². The first-order chi connectivity index (χ1) is 4.79. The van der Waals surface area contributed by atoms with Gasteiger partial charge < -0.3 is 4.74 Å². The molecule has 3 N–H and O–H groups in total. The van der Waals surface area contributed by atoms with Gasteiger partial charge in [-0.05, 0) is 19.3 Å². The Balaban J connectivity index is 2.03. The molecule has 2 aliphatic rings. The van der Waals surface area contributed by atoms with Crippen LogP contribution >= 0.6 is 0 Å². The Morgan fingerprint density at radius 2 is 2.60 bits per heavy atom. The Kier molecular flexibility index (Phi) is 1.27. The van der Waals surface area contributed by atoms with Gasteiger partial charge in [0.05, 0.1) is 13.2 Å². The fourth-order valence-electron chi connectivity index (χ4n) is 2.01. The molecule has 1 saturated heterocycles. The smallest absolute Gasteiger partial charge is 0.0541 e. The van der Waals surface area contributed by atoms with E-state index >= 15 is 0 Å². The second-order valence-corrected chi connectivity index (χ2v) is 3.54. The Morgan fingerprint density at radius 3 is 3.00 bits per heavy atom. The third kappa shape index (κ3) is 0.654. The molecule has 0 amide bonds. The van der Waals surface area contributed by atoms with E-state index in [4.69, 9.17) is 10.6 Å². The minimum Gasteiger partial charge on any atom is -0.380 e. The molecule has 3 atom stereocenters. The number of nitrogens with two attached hydrogens (primary N) is 1. The standard InChI is InChI=1S/C7H14N2O/c1-5(9-8)7-2-6(7)3-10-4-7/h5-6,9H,2-4,8H2,1H3. The monoisotopic (exact) mass is 142 g/mol. The molecule has 1 aliphatic carbocycles. The van der Waals surface area contributed by atoms with Gasteiger partial charge in [-0.3, -0.25) is 11.3 Å². The number of hydrazine groups is 1. The summed E-state index contributed by atoms with van der Waals surface area (Å²) in [4.78, 5) is 0. The average molecular weight is 142 g/mol. The number of rotatable bonds is 2. The second kappa shape index (κ2) is 1.94.